The number of hydrogen-bond donors (Lipinski definition) is 1. The van der Waals surface area contributed by atoms with Gasteiger partial charge in [-0.25, -0.2) is 9.07 Å². The van der Waals surface area contributed by atoms with Crippen LogP contribution in [0.3, 0.4) is 0 Å². The van der Waals surface area contributed by atoms with Gasteiger partial charge in [0.15, 0.2) is 0 Å². The summed E-state index contributed by atoms with van der Waals surface area (Å²) < 4.78 is 20.2. The first kappa shape index (κ1) is 26.1. The Morgan fingerprint density at radius 2 is 1.77 bits per heavy atom. The summed E-state index contributed by atoms with van der Waals surface area (Å²) in [6.07, 6.45) is 0.963. The van der Waals surface area contributed by atoms with Crippen LogP contribution in [0, 0.1) is 11.2 Å². The fourth-order valence-electron chi connectivity index (χ4n) is 3.61. The molecule has 0 saturated heterocycles. The lowest BCUT2D eigenvalue weighted by atomic mass is 9.91. The Morgan fingerprint density at radius 1 is 1.09 bits per heavy atom. The second-order valence-corrected chi connectivity index (χ2v) is 9.62. The molecule has 0 fully saturated rings. The van der Waals surface area contributed by atoms with Crippen molar-refractivity contribution in [3.63, 3.8) is 0 Å². The van der Waals surface area contributed by atoms with Gasteiger partial charge < -0.3 is 15.0 Å². The van der Waals surface area contributed by atoms with Crippen molar-refractivity contribution in [3.8, 4) is 16.9 Å². The normalized spacial score (nSPS) is 11.3. The SMILES string of the molecule is COCCCN(CC(=O)Nc1cc(-c2ccccc2)nn1-c1ccc(F)cc1)C(=O)CC(C)(C)C. The van der Waals surface area contributed by atoms with Gasteiger partial charge >= 0.3 is 0 Å². The number of aromatic nitrogens is 2. The molecule has 0 spiro atoms. The summed E-state index contributed by atoms with van der Waals surface area (Å²) in [7, 11) is 1.61. The minimum Gasteiger partial charge on any atom is -0.385 e. The molecule has 2 aromatic carbocycles. The van der Waals surface area contributed by atoms with Crippen LogP contribution in [-0.2, 0) is 14.3 Å². The third-order valence-corrected chi connectivity index (χ3v) is 5.26. The smallest absolute Gasteiger partial charge is 0.245 e. The Hall–Kier alpha value is -3.52. The van der Waals surface area contributed by atoms with Crippen molar-refractivity contribution in [1.29, 1.82) is 0 Å². The van der Waals surface area contributed by atoms with Crippen LogP contribution in [0.5, 0.6) is 0 Å². The molecule has 1 aromatic heterocycles. The maximum absolute atomic E-state index is 13.5. The fraction of sp³-hybridized carbons (Fsp3) is 0.370. The summed E-state index contributed by atoms with van der Waals surface area (Å²) >= 11 is 0. The number of rotatable bonds is 10. The lowest BCUT2D eigenvalue weighted by Crippen LogP contribution is -2.40. The molecular weight excluding hydrogens is 447 g/mol. The molecule has 7 nitrogen and oxygen atoms in total. The maximum Gasteiger partial charge on any atom is 0.245 e. The molecule has 0 aliphatic heterocycles. The number of hydrogen-bond acceptors (Lipinski definition) is 4. The summed E-state index contributed by atoms with van der Waals surface area (Å²) in [5.74, 6) is -0.354. The predicted octanol–water partition coefficient (Wildman–Crippen LogP) is 4.92. The number of amides is 2. The first-order valence-electron chi connectivity index (χ1n) is 11.6. The van der Waals surface area contributed by atoms with Gasteiger partial charge in [-0.2, -0.15) is 5.10 Å². The van der Waals surface area contributed by atoms with Gasteiger partial charge in [-0.3, -0.25) is 9.59 Å². The second kappa shape index (κ2) is 11.8. The van der Waals surface area contributed by atoms with Crippen LogP contribution in [0.25, 0.3) is 16.9 Å². The van der Waals surface area contributed by atoms with Gasteiger partial charge in [0, 0.05) is 38.3 Å². The van der Waals surface area contributed by atoms with E-state index in [1.54, 1.807) is 34.9 Å². The predicted molar refractivity (Wildman–Crippen MR) is 135 cm³/mol. The summed E-state index contributed by atoms with van der Waals surface area (Å²) in [6, 6.07) is 17.2. The zero-order valence-electron chi connectivity index (χ0n) is 20.8. The Kier molecular flexibility index (Phi) is 8.76. The monoisotopic (exact) mass is 480 g/mol. The molecule has 8 heteroatoms. The van der Waals surface area contributed by atoms with Crippen molar-refractivity contribution in [1.82, 2.24) is 14.7 Å². The van der Waals surface area contributed by atoms with E-state index < -0.39 is 0 Å². The molecule has 2 amide bonds. The third-order valence-electron chi connectivity index (χ3n) is 5.26. The van der Waals surface area contributed by atoms with E-state index in [9.17, 15) is 14.0 Å². The Labute approximate surface area is 205 Å². The first-order valence-corrected chi connectivity index (χ1v) is 11.6. The van der Waals surface area contributed by atoms with Gasteiger partial charge in [0.05, 0.1) is 17.9 Å². The van der Waals surface area contributed by atoms with E-state index in [0.717, 1.165) is 5.56 Å². The van der Waals surface area contributed by atoms with Gasteiger partial charge in [-0.05, 0) is 36.1 Å². The maximum atomic E-state index is 13.5. The van der Waals surface area contributed by atoms with Crippen molar-refractivity contribution >= 4 is 17.6 Å². The summed E-state index contributed by atoms with van der Waals surface area (Å²) in [6.45, 7) is 6.80. The van der Waals surface area contributed by atoms with Crippen molar-refractivity contribution in [2.75, 3.05) is 32.1 Å². The molecule has 1 N–H and O–H groups in total. The number of ether oxygens (including phenoxy) is 1. The van der Waals surface area contributed by atoms with Crippen molar-refractivity contribution in [2.24, 2.45) is 5.41 Å². The van der Waals surface area contributed by atoms with Crippen molar-refractivity contribution in [3.05, 3.63) is 66.5 Å². The summed E-state index contributed by atoms with van der Waals surface area (Å²) in [5, 5.41) is 7.53. The average Bonchev–Trinajstić information content (AvgIpc) is 3.22. The van der Waals surface area contributed by atoms with E-state index in [-0.39, 0.29) is 29.6 Å². The standard InChI is InChI=1S/C27H33FN4O3/c1-27(2,3)18-26(34)31(15-8-16-35-4)19-25(33)29-24-17-23(20-9-6-5-7-10-20)30-32(24)22-13-11-21(28)12-14-22/h5-7,9-14,17H,8,15-16,18-19H2,1-4H3,(H,29,33). The summed E-state index contributed by atoms with van der Waals surface area (Å²) in [5.41, 5.74) is 1.94. The largest absolute Gasteiger partial charge is 0.385 e. The molecule has 0 radical (unpaired) electrons. The lowest BCUT2D eigenvalue weighted by molar-refractivity contribution is -0.136. The number of nitrogens with one attached hydrogen (secondary N) is 1. The number of methoxy groups -OCH3 is 1. The molecular formula is C27H33FN4O3. The van der Waals surface area contributed by atoms with E-state index in [0.29, 0.717) is 43.2 Å². The number of halogens is 1. The third kappa shape index (κ3) is 7.75. The first-order chi connectivity index (χ1) is 16.7. The topological polar surface area (TPSA) is 76.5 Å². The van der Waals surface area contributed by atoms with Crippen LogP contribution < -0.4 is 5.32 Å². The molecule has 1 heterocycles. The van der Waals surface area contributed by atoms with E-state index in [4.69, 9.17) is 4.74 Å². The molecule has 35 heavy (non-hydrogen) atoms. The van der Waals surface area contributed by atoms with Gasteiger partial charge in [0.2, 0.25) is 11.8 Å². The van der Waals surface area contributed by atoms with Gasteiger partial charge in [0.25, 0.3) is 0 Å². The lowest BCUT2D eigenvalue weighted by Gasteiger charge is -2.26. The molecule has 3 aromatic rings. The van der Waals surface area contributed by atoms with E-state index in [2.05, 4.69) is 10.4 Å². The second-order valence-electron chi connectivity index (χ2n) is 9.62. The molecule has 0 unspecified atom stereocenters. The minimum absolute atomic E-state index is 0.0826. The molecule has 0 aliphatic rings. The van der Waals surface area contributed by atoms with Gasteiger partial charge in [-0.15, -0.1) is 0 Å². The van der Waals surface area contributed by atoms with Crippen molar-refractivity contribution < 1.29 is 18.7 Å². The van der Waals surface area contributed by atoms with Crippen LogP contribution in [0.4, 0.5) is 10.2 Å². The highest BCUT2D eigenvalue weighted by molar-refractivity contribution is 5.94. The van der Waals surface area contributed by atoms with E-state index >= 15 is 0 Å². The Morgan fingerprint density at radius 3 is 2.40 bits per heavy atom. The van der Waals surface area contributed by atoms with Crippen LogP contribution >= 0.6 is 0 Å². The van der Waals surface area contributed by atoms with Crippen LogP contribution in [0.2, 0.25) is 0 Å². The number of carbonyl (C=O) groups excluding carboxylic acids is 2. The molecule has 186 valence electrons. The molecule has 0 bridgehead atoms. The minimum atomic E-state index is -0.362. The van der Waals surface area contributed by atoms with Gasteiger partial charge in [-0.1, -0.05) is 51.1 Å². The highest BCUT2D eigenvalue weighted by atomic mass is 19.1. The molecule has 3 rings (SSSR count). The van der Waals surface area contributed by atoms with E-state index in [1.807, 2.05) is 51.1 Å². The zero-order valence-corrected chi connectivity index (χ0v) is 20.8. The van der Waals surface area contributed by atoms with Crippen LogP contribution in [-0.4, -0.2) is 53.3 Å². The molecule has 0 aliphatic carbocycles. The van der Waals surface area contributed by atoms with Crippen LogP contribution in [0.15, 0.2) is 60.7 Å². The number of carbonyl (C=O) groups is 2. The highest BCUT2D eigenvalue weighted by Crippen LogP contribution is 2.25. The zero-order chi connectivity index (χ0) is 25.4. The van der Waals surface area contributed by atoms with Gasteiger partial charge in [0.1, 0.15) is 11.6 Å². The summed E-state index contributed by atoms with van der Waals surface area (Å²) in [4.78, 5) is 27.5. The molecule has 0 atom stereocenters. The van der Waals surface area contributed by atoms with E-state index in [1.165, 1.54) is 12.1 Å². The fourth-order valence-corrected chi connectivity index (χ4v) is 3.61. The van der Waals surface area contributed by atoms with Crippen LogP contribution in [0.1, 0.15) is 33.6 Å². The number of nitrogens with zero attached hydrogens (tertiary/aromatic N) is 3. The highest BCUT2D eigenvalue weighted by Gasteiger charge is 2.23. The quantitative estimate of drug-likeness (QED) is 0.418. The Balaban J connectivity index is 1.84. The van der Waals surface area contributed by atoms with Crippen molar-refractivity contribution in [2.45, 2.75) is 33.6 Å². The number of anilines is 1. The Bertz CT molecular complexity index is 1120. The number of benzene rings is 2. The average molecular weight is 481 g/mol. The molecule has 0 saturated carbocycles.